The molecule has 0 spiro atoms. The summed E-state index contributed by atoms with van der Waals surface area (Å²) in [4.78, 5) is 10.7. The van der Waals surface area contributed by atoms with E-state index >= 15 is 0 Å². The maximum Gasteiger partial charge on any atom is 0.416 e. The summed E-state index contributed by atoms with van der Waals surface area (Å²) in [6.45, 7) is 0. The number of hydrogen-bond acceptors (Lipinski definition) is 1. The molecule has 1 atom stereocenters. The van der Waals surface area contributed by atoms with Gasteiger partial charge in [-0.2, -0.15) is 13.2 Å². The van der Waals surface area contributed by atoms with Gasteiger partial charge >= 0.3 is 6.18 Å². The summed E-state index contributed by atoms with van der Waals surface area (Å²) in [6, 6.07) is 2.52. The minimum atomic E-state index is -4.49. The van der Waals surface area contributed by atoms with Gasteiger partial charge in [0, 0.05) is 5.02 Å². The standard InChI is InChI=1S/C9H4Cl3F3O/c10-6-3-4(9(13,14)15)1-2-5(6)7(11)8(12)16/h1-3,7H. The smallest absolute Gasteiger partial charge is 0.279 e. The fourth-order valence-electron chi connectivity index (χ4n) is 1.03. The lowest BCUT2D eigenvalue weighted by Gasteiger charge is -2.11. The van der Waals surface area contributed by atoms with Crippen molar-refractivity contribution in [2.75, 3.05) is 0 Å². The summed E-state index contributed by atoms with van der Waals surface area (Å²) in [5.74, 6) is 0. The van der Waals surface area contributed by atoms with Crippen molar-refractivity contribution in [1.29, 1.82) is 0 Å². The molecule has 0 aliphatic rings. The molecule has 0 aliphatic carbocycles. The fraction of sp³-hybridized carbons (Fsp3) is 0.222. The second-order valence-electron chi connectivity index (χ2n) is 2.90. The Kier molecular flexibility index (Phi) is 4.10. The van der Waals surface area contributed by atoms with Gasteiger partial charge in [-0.25, -0.2) is 0 Å². The highest BCUT2D eigenvalue weighted by molar-refractivity contribution is 6.69. The van der Waals surface area contributed by atoms with Crippen molar-refractivity contribution in [2.24, 2.45) is 0 Å². The van der Waals surface area contributed by atoms with Crippen LogP contribution in [0.1, 0.15) is 16.5 Å². The van der Waals surface area contributed by atoms with Crippen molar-refractivity contribution in [2.45, 2.75) is 11.6 Å². The third kappa shape index (κ3) is 3.03. The van der Waals surface area contributed by atoms with Gasteiger partial charge in [0.15, 0.2) is 0 Å². The number of alkyl halides is 4. The molecule has 7 heteroatoms. The minimum Gasteiger partial charge on any atom is -0.279 e. The summed E-state index contributed by atoms with van der Waals surface area (Å²) in [5.41, 5.74) is -0.858. The highest BCUT2D eigenvalue weighted by atomic mass is 35.5. The van der Waals surface area contributed by atoms with Gasteiger partial charge in [-0.1, -0.05) is 17.7 Å². The molecule has 0 N–H and O–H groups in total. The van der Waals surface area contributed by atoms with E-state index in [-0.39, 0.29) is 10.6 Å². The molecule has 0 radical (unpaired) electrons. The molecule has 88 valence electrons. The fourth-order valence-corrected chi connectivity index (χ4v) is 1.68. The van der Waals surface area contributed by atoms with Crippen molar-refractivity contribution in [3.63, 3.8) is 0 Å². The second kappa shape index (κ2) is 4.82. The van der Waals surface area contributed by atoms with Gasteiger partial charge in [-0.05, 0) is 29.3 Å². The van der Waals surface area contributed by atoms with E-state index in [1.54, 1.807) is 0 Å². The van der Waals surface area contributed by atoms with E-state index in [1.807, 2.05) is 0 Å². The molecule has 0 saturated carbocycles. The molecule has 0 aliphatic heterocycles. The van der Waals surface area contributed by atoms with Crippen LogP contribution >= 0.6 is 34.8 Å². The molecule has 1 nitrogen and oxygen atoms in total. The predicted octanol–water partition coefficient (Wildman–Crippen LogP) is 4.40. The molecule has 1 aromatic carbocycles. The van der Waals surface area contributed by atoms with Crippen LogP contribution in [0.4, 0.5) is 13.2 Å². The Morgan fingerprint density at radius 2 is 1.88 bits per heavy atom. The minimum absolute atomic E-state index is 0.0522. The molecular formula is C9H4Cl3F3O. The van der Waals surface area contributed by atoms with E-state index in [1.165, 1.54) is 0 Å². The number of hydrogen-bond donors (Lipinski definition) is 0. The Morgan fingerprint density at radius 3 is 2.25 bits per heavy atom. The molecule has 16 heavy (non-hydrogen) atoms. The molecule has 1 unspecified atom stereocenters. The predicted molar refractivity (Wildman–Crippen MR) is 55.9 cm³/mol. The summed E-state index contributed by atoms with van der Waals surface area (Å²) in [6.07, 6.45) is -4.49. The largest absolute Gasteiger partial charge is 0.416 e. The van der Waals surface area contributed by atoms with Crippen LogP contribution < -0.4 is 0 Å². The molecule has 0 aromatic heterocycles. The highest BCUT2D eigenvalue weighted by Gasteiger charge is 2.31. The zero-order chi connectivity index (χ0) is 12.5. The van der Waals surface area contributed by atoms with Crippen molar-refractivity contribution in [1.82, 2.24) is 0 Å². The van der Waals surface area contributed by atoms with E-state index in [9.17, 15) is 18.0 Å². The lowest BCUT2D eigenvalue weighted by Crippen LogP contribution is -2.06. The summed E-state index contributed by atoms with van der Waals surface area (Å²) in [5, 5.41) is -2.40. The quantitative estimate of drug-likeness (QED) is 0.583. The van der Waals surface area contributed by atoms with E-state index < -0.39 is 22.4 Å². The number of carbonyl (C=O) groups excluding carboxylic acids is 1. The van der Waals surface area contributed by atoms with E-state index in [2.05, 4.69) is 0 Å². The van der Waals surface area contributed by atoms with Crippen molar-refractivity contribution < 1.29 is 18.0 Å². The van der Waals surface area contributed by atoms with Gasteiger partial charge in [0.2, 0.25) is 5.24 Å². The lowest BCUT2D eigenvalue weighted by atomic mass is 10.1. The van der Waals surface area contributed by atoms with Crippen LogP contribution in [0.3, 0.4) is 0 Å². The van der Waals surface area contributed by atoms with E-state index in [0.29, 0.717) is 6.07 Å². The molecule has 1 aromatic rings. The molecule has 0 saturated heterocycles. The van der Waals surface area contributed by atoms with Gasteiger partial charge in [0.25, 0.3) is 0 Å². The van der Waals surface area contributed by atoms with Crippen LogP contribution in [0.2, 0.25) is 5.02 Å². The van der Waals surface area contributed by atoms with Gasteiger partial charge in [-0.3, -0.25) is 4.79 Å². The molecule has 1 rings (SSSR count). The normalized spacial score (nSPS) is 13.6. The van der Waals surface area contributed by atoms with Crippen LogP contribution in [0.5, 0.6) is 0 Å². The third-order valence-corrected chi connectivity index (χ3v) is 2.89. The van der Waals surface area contributed by atoms with E-state index in [4.69, 9.17) is 34.8 Å². The Hall–Kier alpha value is -0.450. The average molecular weight is 291 g/mol. The van der Waals surface area contributed by atoms with Crippen molar-refractivity contribution >= 4 is 40.0 Å². The van der Waals surface area contributed by atoms with Crippen LogP contribution in [-0.2, 0) is 11.0 Å². The molecule has 0 bridgehead atoms. The van der Waals surface area contributed by atoms with Gasteiger partial charge in [0.05, 0.1) is 5.56 Å². The summed E-state index contributed by atoms with van der Waals surface area (Å²) in [7, 11) is 0. The summed E-state index contributed by atoms with van der Waals surface area (Å²) < 4.78 is 36.8. The molecular weight excluding hydrogens is 287 g/mol. The third-order valence-electron chi connectivity index (χ3n) is 1.80. The molecule has 0 amide bonds. The van der Waals surface area contributed by atoms with Crippen LogP contribution in [0.25, 0.3) is 0 Å². The molecule has 0 heterocycles. The molecule has 0 fully saturated rings. The Labute approximate surface area is 104 Å². The average Bonchev–Trinajstić information content (AvgIpc) is 2.15. The number of rotatable bonds is 2. The van der Waals surface area contributed by atoms with Crippen LogP contribution in [0, 0.1) is 0 Å². The second-order valence-corrected chi connectivity index (χ2v) is 4.12. The maximum atomic E-state index is 12.3. The maximum absolute atomic E-state index is 12.3. The first-order chi connectivity index (χ1) is 7.23. The zero-order valence-corrected chi connectivity index (χ0v) is 9.75. The monoisotopic (exact) mass is 290 g/mol. The first-order valence-electron chi connectivity index (χ1n) is 3.93. The Bertz CT molecular complexity index is 417. The number of halogens is 6. The topological polar surface area (TPSA) is 17.1 Å². The highest BCUT2D eigenvalue weighted by Crippen LogP contribution is 2.35. The SMILES string of the molecule is O=C(Cl)C(Cl)c1ccc(C(F)(F)F)cc1Cl. The Morgan fingerprint density at radius 1 is 1.31 bits per heavy atom. The first kappa shape index (κ1) is 13.6. The van der Waals surface area contributed by atoms with Crippen LogP contribution in [-0.4, -0.2) is 5.24 Å². The summed E-state index contributed by atoms with van der Waals surface area (Å²) >= 11 is 16.3. The van der Waals surface area contributed by atoms with E-state index in [0.717, 1.165) is 12.1 Å². The number of carbonyl (C=O) groups is 1. The van der Waals surface area contributed by atoms with Crippen LogP contribution in [0.15, 0.2) is 18.2 Å². The van der Waals surface area contributed by atoms with Crippen molar-refractivity contribution in [3.05, 3.63) is 34.3 Å². The zero-order valence-electron chi connectivity index (χ0n) is 7.49. The van der Waals surface area contributed by atoms with Gasteiger partial charge < -0.3 is 0 Å². The first-order valence-corrected chi connectivity index (χ1v) is 5.13. The number of benzene rings is 1. The Balaban J connectivity index is 3.15. The van der Waals surface area contributed by atoms with Crippen molar-refractivity contribution in [3.8, 4) is 0 Å². The van der Waals surface area contributed by atoms with Gasteiger partial charge in [-0.15, -0.1) is 11.6 Å². The lowest BCUT2D eigenvalue weighted by molar-refractivity contribution is -0.137. The van der Waals surface area contributed by atoms with Gasteiger partial charge in [0.1, 0.15) is 5.38 Å².